The Kier molecular flexibility index (Phi) is 4.13. The van der Waals surface area contributed by atoms with Gasteiger partial charge in [0.1, 0.15) is 11.5 Å². The van der Waals surface area contributed by atoms with Gasteiger partial charge in [-0.2, -0.15) is 0 Å². The van der Waals surface area contributed by atoms with E-state index in [1.54, 1.807) is 29.2 Å². The van der Waals surface area contributed by atoms with Crippen molar-refractivity contribution in [2.75, 3.05) is 13.2 Å². The summed E-state index contributed by atoms with van der Waals surface area (Å²) in [6, 6.07) is 5.05. The van der Waals surface area contributed by atoms with Gasteiger partial charge >= 0.3 is 0 Å². The molecule has 0 aliphatic carbocycles. The number of benzene rings is 1. The highest BCUT2D eigenvalue weighted by Crippen LogP contribution is 2.29. The second-order valence-corrected chi connectivity index (χ2v) is 5.49. The van der Waals surface area contributed by atoms with Crippen LogP contribution in [-0.4, -0.2) is 34.9 Å². The Morgan fingerprint density at radius 2 is 2.23 bits per heavy atom. The van der Waals surface area contributed by atoms with Crippen LogP contribution in [0.5, 0.6) is 11.5 Å². The number of nitrogens with zero attached hydrogens (tertiary/aromatic N) is 2. The molecule has 1 amide bonds. The molecule has 0 aromatic heterocycles. The first kappa shape index (κ1) is 14.6. The first-order valence-corrected chi connectivity index (χ1v) is 7.76. The summed E-state index contributed by atoms with van der Waals surface area (Å²) in [4.78, 5) is 18.7. The van der Waals surface area contributed by atoms with E-state index in [0.717, 1.165) is 43.6 Å². The zero-order chi connectivity index (χ0) is 15.5. The Balaban J connectivity index is 1.89. The van der Waals surface area contributed by atoms with E-state index in [0.29, 0.717) is 18.1 Å². The number of hydrogen-bond acceptors (Lipinski definition) is 4. The molecule has 1 saturated heterocycles. The van der Waals surface area contributed by atoms with Gasteiger partial charge in [-0.3, -0.25) is 9.69 Å². The van der Waals surface area contributed by atoms with Crippen molar-refractivity contribution in [3.8, 4) is 11.5 Å². The number of hydrogen-bond donors (Lipinski definition) is 1. The van der Waals surface area contributed by atoms with Gasteiger partial charge < -0.3 is 9.84 Å². The number of amides is 1. The predicted molar refractivity (Wildman–Crippen MR) is 84.9 cm³/mol. The number of aromatic hydroxyl groups is 1. The minimum atomic E-state index is -0.0251. The van der Waals surface area contributed by atoms with Crippen LogP contribution >= 0.6 is 0 Å². The summed E-state index contributed by atoms with van der Waals surface area (Å²) in [5.74, 6) is 1.38. The largest absolute Gasteiger partial charge is 0.504 e. The van der Waals surface area contributed by atoms with Crippen LogP contribution in [0, 0.1) is 0 Å². The summed E-state index contributed by atoms with van der Waals surface area (Å²) >= 11 is 0. The topological polar surface area (TPSA) is 62.1 Å². The van der Waals surface area contributed by atoms with Crippen LogP contribution in [0.25, 0.3) is 6.08 Å². The molecule has 1 aromatic rings. The molecule has 2 heterocycles. The fourth-order valence-electron chi connectivity index (χ4n) is 2.80. The van der Waals surface area contributed by atoms with Crippen molar-refractivity contribution in [1.82, 2.24) is 4.90 Å². The van der Waals surface area contributed by atoms with Gasteiger partial charge in [0, 0.05) is 13.0 Å². The van der Waals surface area contributed by atoms with Gasteiger partial charge in [-0.05, 0) is 43.5 Å². The van der Waals surface area contributed by atoms with Crippen molar-refractivity contribution >= 4 is 17.8 Å². The van der Waals surface area contributed by atoms with Crippen LogP contribution in [0.4, 0.5) is 0 Å². The highest BCUT2D eigenvalue weighted by Gasteiger charge is 2.30. The van der Waals surface area contributed by atoms with Gasteiger partial charge in [0.2, 0.25) is 0 Å². The molecule has 1 N–H and O–H groups in total. The van der Waals surface area contributed by atoms with Gasteiger partial charge in [0.15, 0.2) is 11.5 Å². The maximum atomic E-state index is 12.4. The monoisotopic (exact) mass is 300 g/mol. The van der Waals surface area contributed by atoms with Crippen LogP contribution in [-0.2, 0) is 4.79 Å². The summed E-state index contributed by atoms with van der Waals surface area (Å²) in [5.41, 5.74) is 1.26. The van der Waals surface area contributed by atoms with Crippen molar-refractivity contribution in [3.05, 3.63) is 29.5 Å². The molecule has 1 aromatic carbocycles. The predicted octanol–water partition coefficient (Wildman–Crippen LogP) is 2.95. The molecular weight excluding hydrogens is 280 g/mol. The Bertz CT molecular complexity index is 649. The van der Waals surface area contributed by atoms with Crippen LogP contribution in [0.15, 0.2) is 28.9 Å². The Labute approximate surface area is 129 Å². The SMILES string of the molecule is CCOc1cc(/C=C2\N=C3CCCCCN3C2=O)ccc1O. The first-order valence-electron chi connectivity index (χ1n) is 7.76. The number of rotatable bonds is 3. The average molecular weight is 300 g/mol. The van der Waals surface area contributed by atoms with Gasteiger partial charge in [0.05, 0.1) is 6.61 Å². The lowest BCUT2D eigenvalue weighted by Gasteiger charge is -2.14. The number of carbonyl (C=O) groups excluding carboxylic acids is 1. The highest BCUT2D eigenvalue weighted by molar-refractivity contribution is 6.14. The molecule has 5 nitrogen and oxygen atoms in total. The normalized spacial score (nSPS) is 19.9. The molecule has 22 heavy (non-hydrogen) atoms. The van der Waals surface area contributed by atoms with Crippen LogP contribution in [0.3, 0.4) is 0 Å². The second kappa shape index (κ2) is 6.22. The average Bonchev–Trinajstić information content (AvgIpc) is 2.68. The van der Waals surface area contributed by atoms with E-state index in [4.69, 9.17) is 4.74 Å². The minimum absolute atomic E-state index is 0.0251. The maximum absolute atomic E-state index is 12.4. The molecule has 0 bridgehead atoms. The molecule has 0 spiro atoms. The Hall–Kier alpha value is -2.30. The summed E-state index contributed by atoms with van der Waals surface area (Å²) in [7, 11) is 0. The van der Waals surface area contributed by atoms with Crippen LogP contribution in [0.1, 0.15) is 38.2 Å². The van der Waals surface area contributed by atoms with E-state index in [-0.39, 0.29) is 11.7 Å². The first-order chi connectivity index (χ1) is 10.7. The number of aliphatic imine (C=N–C) groups is 1. The number of fused-ring (bicyclic) bond motifs is 1. The summed E-state index contributed by atoms with van der Waals surface area (Å²) in [6.07, 6.45) is 5.89. The third-order valence-electron chi connectivity index (χ3n) is 3.89. The van der Waals surface area contributed by atoms with E-state index in [1.807, 2.05) is 6.92 Å². The van der Waals surface area contributed by atoms with Crippen molar-refractivity contribution in [2.24, 2.45) is 4.99 Å². The van der Waals surface area contributed by atoms with Crippen molar-refractivity contribution < 1.29 is 14.6 Å². The Morgan fingerprint density at radius 1 is 1.36 bits per heavy atom. The number of ether oxygens (including phenoxy) is 1. The maximum Gasteiger partial charge on any atom is 0.277 e. The smallest absolute Gasteiger partial charge is 0.277 e. The van der Waals surface area contributed by atoms with E-state index in [1.165, 1.54) is 0 Å². The highest BCUT2D eigenvalue weighted by atomic mass is 16.5. The van der Waals surface area contributed by atoms with E-state index in [9.17, 15) is 9.90 Å². The minimum Gasteiger partial charge on any atom is -0.504 e. The molecule has 0 atom stereocenters. The molecule has 3 rings (SSSR count). The number of phenols is 1. The summed E-state index contributed by atoms with van der Waals surface area (Å²) < 4.78 is 5.37. The van der Waals surface area contributed by atoms with Crippen molar-refractivity contribution in [1.29, 1.82) is 0 Å². The second-order valence-electron chi connectivity index (χ2n) is 5.49. The molecule has 0 saturated carbocycles. The van der Waals surface area contributed by atoms with E-state index < -0.39 is 0 Å². The molecule has 116 valence electrons. The number of amidine groups is 1. The fourth-order valence-corrected chi connectivity index (χ4v) is 2.80. The third kappa shape index (κ3) is 2.84. The van der Waals surface area contributed by atoms with E-state index in [2.05, 4.69) is 4.99 Å². The van der Waals surface area contributed by atoms with Gasteiger partial charge in [-0.15, -0.1) is 0 Å². The molecule has 0 radical (unpaired) electrons. The van der Waals surface area contributed by atoms with Crippen LogP contribution < -0.4 is 4.74 Å². The van der Waals surface area contributed by atoms with Crippen LogP contribution in [0.2, 0.25) is 0 Å². The zero-order valence-electron chi connectivity index (χ0n) is 12.7. The van der Waals surface area contributed by atoms with E-state index >= 15 is 0 Å². The molecule has 5 heteroatoms. The fraction of sp³-hybridized carbons (Fsp3) is 0.412. The molecule has 2 aliphatic heterocycles. The quantitative estimate of drug-likeness (QED) is 0.873. The lowest BCUT2D eigenvalue weighted by Crippen LogP contribution is -2.31. The molecule has 2 aliphatic rings. The number of carbonyl (C=O) groups is 1. The summed E-state index contributed by atoms with van der Waals surface area (Å²) in [5, 5.41) is 9.73. The summed E-state index contributed by atoms with van der Waals surface area (Å²) in [6.45, 7) is 3.09. The van der Waals surface area contributed by atoms with Gasteiger partial charge in [-0.25, -0.2) is 4.99 Å². The third-order valence-corrected chi connectivity index (χ3v) is 3.89. The lowest BCUT2D eigenvalue weighted by molar-refractivity contribution is -0.122. The Morgan fingerprint density at radius 3 is 3.05 bits per heavy atom. The van der Waals surface area contributed by atoms with Crippen molar-refractivity contribution in [3.63, 3.8) is 0 Å². The van der Waals surface area contributed by atoms with Gasteiger partial charge in [0.25, 0.3) is 5.91 Å². The van der Waals surface area contributed by atoms with Gasteiger partial charge in [-0.1, -0.05) is 12.5 Å². The standard InChI is InChI=1S/C17H20N2O3/c1-2-22-15-11-12(7-8-14(15)20)10-13-17(21)19-9-5-3-4-6-16(19)18-13/h7-8,10-11,20H,2-6,9H2,1H3/b13-10-. The zero-order valence-corrected chi connectivity index (χ0v) is 12.7. The lowest BCUT2D eigenvalue weighted by atomic mass is 10.1. The molecule has 1 fully saturated rings. The van der Waals surface area contributed by atoms with Crippen molar-refractivity contribution in [2.45, 2.75) is 32.6 Å². The molecular formula is C17H20N2O3. The molecule has 0 unspecified atom stereocenters. The number of phenolic OH excluding ortho intramolecular Hbond substituents is 1.